The predicted octanol–water partition coefficient (Wildman–Crippen LogP) is 17.0. The lowest BCUT2D eigenvalue weighted by Crippen LogP contribution is -2.36. The summed E-state index contributed by atoms with van der Waals surface area (Å²) in [5.41, 5.74) is 20.5. The lowest BCUT2D eigenvalue weighted by molar-refractivity contribution is 0.657. The molecule has 1 unspecified atom stereocenters. The van der Waals surface area contributed by atoms with E-state index in [1.165, 1.54) is 116 Å². The van der Waals surface area contributed by atoms with Crippen molar-refractivity contribution in [2.75, 3.05) is 4.90 Å². The van der Waals surface area contributed by atoms with E-state index in [1.54, 1.807) is 0 Å². The molecular formula is C66H47N. The van der Waals surface area contributed by atoms with Crippen LogP contribution in [0.15, 0.2) is 231 Å². The van der Waals surface area contributed by atoms with Crippen LogP contribution in [-0.4, -0.2) is 0 Å². The van der Waals surface area contributed by atoms with Gasteiger partial charge in [-0.3, -0.25) is 0 Å². The van der Waals surface area contributed by atoms with Gasteiger partial charge in [0, 0.05) is 17.0 Å². The van der Waals surface area contributed by atoms with E-state index in [9.17, 15) is 0 Å². The molecule has 67 heavy (non-hydrogen) atoms. The topological polar surface area (TPSA) is 3.24 Å². The Kier molecular flexibility index (Phi) is 8.14. The molecule has 0 fully saturated rings. The highest BCUT2D eigenvalue weighted by molar-refractivity contribution is 6.25. The molecule has 2 aliphatic carbocycles. The maximum Gasteiger partial charge on any atom is 0.0754 e. The van der Waals surface area contributed by atoms with Crippen LogP contribution in [0.25, 0.3) is 54.6 Å². The number of hydrogen-bond donors (Lipinski definition) is 0. The molecular weight excluding hydrogens is 807 g/mol. The summed E-state index contributed by atoms with van der Waals surface area (Å²) in [6.45, 7) is 4.81. The van der Waals surface area contributed by atoms with Gasteiger partial charge in [0.25, 0.3) is 0 Å². The minimum Gasteiger partial charge on any atom is -0.310 e. The Balaban J connectivity index is 0.992. The van der Waals surface area contributed by atoms with E-state index in [1.807, 2.05) is 0 Å². The molecule has 0 aromatic heterocycles. The maximum atomic E-state index is 2.59. The minimum atomic E-state index is -0.512. The van der Waals surface area contributed by atoms with Gasteiger partial charge in [0.1, 0.15) is 0 Å². The maximum absolute atomic E-state index is 2.59. The van der Waals surface area contributed by atoms with Gasteiger partial charge in [-0.2, -0.15) is 0 Å². The van der Waals surface area contributed by atoms with Gasteiger partial charge in [-0.05, 0) is 141 Å². The van der Waals surface area contributed by atoms with Crippen LogP contribution in [0.2, 0.25) is 0 Å². The van der Waals surface area contributed by atoms with Crippen LogP contribution in [-0.2, 0) is 17.3 Å². The number of hydrogen-bond acceptors (Lipinski definition) is 1. The lowest BCUT2D eigenvalue weighted by atomic mass is 9.64. The summed E-state index contributed by atoms with van der Waals surface area (Å²) in [5, 5.41) is 7.84. The first-order valence-electron chi connectivity index (χ1n) is 23.8. The highest BCUT2D eigenvalue weighted by Gasteiger charge is 2.51. The molecule has 1 heteroatoms. The van der Waals surface area contributed by atoms with Gasteiger partial charge in [0.2, 0.25) is 0 Å². The van der Waals surface area contributed by atoms with Crippen molar-refractivity contribution in [1.29, 1.82) is 0 Å². The molecule has 1 spiro atoms. The summed E-state index contributed by atoms with van der Waals surface area (Å²) in [6, 6.07) is 87.4. The van der Waals surface area contributed by atoms with Gasteiger partial charge in [-0.25, -0.2) is 0 Å². The molecule has 0 bridgehead atoms. The van der Waals surface area contributed by atoms with Crippen LogP contribution in [0.4, 0.5) is 17.1 Å². The zero-order chi connectivity index (χ0) is 44.4. The summed E-state index contributed by atoms with van der Waals surface area (Å²) >= 11 is 0. The molecule has 0 N–H and O–H groups in total. The van der Waals surface area contributed by atoms with Crippen molar-refractivity contribution >= 4 is 49.4 Å². The standard InChI is InChI=1S/C66H47N/c1-65(2)57-26-12-10-24-51(57)53-37-34-44(41-61(53)65)55(43-33-36-50-48-22-7-6-20-46(48)47-21-8-9-23-49(47)56(50)40-43)38-42-32-35-54-52-25-11-13-27-58(52)66(62(54)39-42)59-28-14-16-30-63(59)67(45-18-4-3-5-19-45)64-31-17-15-29-60(64)66/h3-37,39-41,55H,38H2,1-2H3. The molecule has 1 nitrogen and oxygen atoms in total. The third kappa shape index (κ3) is 5.31. The number of rotatable bonds is 5. The second-order valence-corrected chi connectivity index (χ2v) is 19.5. The number of anilines is 3. The molecule has 0 amide bonds. The smallest absolute Gasteiger partial charge is 0.0754 e. The van der Waals surface area contributed by atoms with Gasteiger partial charge < -0.3 is 4.90 Å². The van der Waals surface area contributed by atoms with Gasteiger partial charge in [0.15, 0.2) is 0 Å². The van der Waals surface area contributed by atoms with E-state index in [-0.39, 0.29) is 11.3 Å². The van der Waals surface area contributed by atoms with Crippen LogP contribution >= 0.6 is 0 Å². The molecule has 0 saturated carbocycles. The van der Waals surface area contributed by atoms with Gasteiger partial charge >= 0.3 is 0 Å². The van der Waals surface area contributed by atoms with Crippen molar-refractivity contribution in [3.05, 3.63) is 281 Å². The van der Waals surface area contributed by atoms with E-state index < -0.39 is 5.41 Å². The predicted molar refractivity (Wildman–Crippen MR) is 280 cm³/mol. The van der Waals surface area contributed by atoms with Crippen LogP contribution < -0.4 is 4.90 Å². The van der Waals surface area contributed by atoms with Crippen molar-refractivity contribution in [1.82, 2.24) is 0 Å². The fraction of sp³-hybridized carbons (Fsp3) is 0.0909. The molecule has 11 aromatic rings. The van der Waals surface area contributed by atoms with Crippen molar-refractivity contribution in [2.45, 2.75) is 37.0 Å². The average Bonchev–Trinajstić information content (AvgIpc) is 3.80. The van der Waals surface area contributed by atoms with E-state index in [2.05, 4.69) is 249 Å². The molecule has 1 aliphatic heterocycles. The van der Waals surface area contributed by atoms with Gasteiger partial charge in [-0.1, -0.05) is 214 Å². The first kappa shape index (κ1) is 38.3. The monoisotopic (exact) mass is 853 g/mol. The second kappa shape index (κ2) is 14.2. The highest BCUT2D eigenvalue weighted by atomic mass is 15.2. The van der Waals surface area contributed by atoms with Gasteiger partial charge in [-0.15, -0.1) is 0 Å². The highest BCUT2D eigenvalue weighted by Crippen LogP contribution is 2.63. The van der Waals surface area contributed by atoms with Crippen molar-refractivity contribution in [3.8, 4) is 22.3 Å². The van der Waals surface area contributed by atoms with E-state index in [0.29, 0.717) is 0 Å². The fourth-order valence-corrected chi connectivity index (χ4v) is 12.9. The Morgan fingerprint density at radius 2 is 0.806 bits per heavy atom. The number of fused-ring (bicyclic) bond motifs is 18. The zero-order valence-corrected chi connectivity index (χ0v) is 37.7. The van der Waals surface area contributed by atoms with Gasteiger partial charge in [0.05, 0.1) is 16.8 Å². The number of benzene rings is 11. The Hall–Kier alpha value is -8.00. The first-order chi connectivity index (χ1) is 33.0. The van der Waals surface area contributed by atoms with E-state index in [0.717, 1.165) is 12.1 Å². The molecule has 0 saturated heterocycles. The molecule has 316 valence electrons. The summed E-state index contributed by atoms with van der Waals surface area (Å²) in [6.07, 6.45) is 0.850. The average molecular weight is 854 g/mol. The minimum absolute atomic E-state index is 0.0942. The third-order valence-corrected chi connectivity index (χ3v) is 15.8. The first-order valence-corrected chi connectivity index (χ1v) is 23.8. The molecule has 11 aromatic carbocycles. The van der Waals surface area contributed by atoms with E-state index in [4.69, 9.17) is 0 Å². The van der Waals surface area contributed by atoms with Crippen molar-refractivity contribution in [2.24, 2.45) is 0 Å². The van der Waals surface area contributed by atoms with Crippen LogP contribution in [0.1, 0.15) is 69.8 Å². The molecule has 0 radical (unpaired) electrons. The summed E-state index contributed by atoms with van der Waals surface area (Å²) < 4.78 is 0. The Labute approximate surface area is 392 Å². The Bertz CT molecular complexity index is 3750. The number of para-hydroxylation sites is 3. The summed E-state index contributed by atoms with van der Waals surface area (Å²) in [7, 11) is 0. The Morgan fingerprint density at radius 3 is 1.48 bits per heavy atom. The molecule has 14 rings (SSSR count). The Morgan fingerprint density at radius 1 is 0.343 bits per heavy atom. The number of nitrogens with zero attached hydrogens (tertiary/aromatic N) is 1. The van der Waals surface area contributed by atoms with Crippen molar-refractivity contribution < 1.29 is 0 Å². The molecule has 1 heterocycles. The normalized spacial score (nSPS) is 14.9. The lowest BCUT2D eigenvalue weighted by Gasteiger charge is -2.45. The van der Waals surface area contributed by atoms with E-state index >= 15 is 0 Å². The molecule has 1 atom stereocenters. The van der Waals surface area contributed by atoms with Crippen LogP contribution in [0, 0.1) is 0 Å². The fourth-order valence-electron chi connectivity index (χ4n) is 12.9. The quantitative estimate of drug-likeness (QED) is 0.156. The second-order valence-electron chi connectivity index (χ2n) is 19.5. The van der Waals surface area contributed by atoms with Crippen LogP contribution in [0.3, 0.4) is 0 Å². The van der Waals surface area contributed by atoms with Crippen molar-refractivity contribution in [3.63, 3.8) is 0 Å². The summed E-state index contributed by atoms with van der Waals surface area (Å²) in [5.74, 6) is 0.0942. The van der Waals surface area contributed by atoms with Crippen LogP contribution in [0.5, 0.6) is 0 Å². The largest absolute Gasteiger partial charge is 0.310 e. The summed E-state index contributed by atoms with van der Waals surface area (Å²) in [4.78, 5) is 2.47. The third-order valence-electron chi connectivity index (χ3n) is 15.8. The SMILES string of the molecule is CC1(C)c2ccccc2-c2ccc(C(Cc3ccc4c(c3)C3(c5ccccc5-4)c4ccccc4N(c4ccccc4)c4ccccc43)c3ccc4c5ccccc5c5ccccc5c4c3)cc21. The molecule has 3 aliphatic rings. The zero-order valence-electron chi connectivity index (χ0n) is 37.7.